The van der Waals surface area contributed by atoms with Crippen LogP contribution < -0.4 is 0 Å². The lowest BCUT2D eigenvalue weighted by atomic mass is 10.0. The number of hydrogen-bond acceptors (Lipinski definition) is 0. The maximum atomic E-state index is 2.23. The van der Waals surface area contributed by atoms with Crippen molar-refractivity contribution in [3.63, 3.8) is 0 Å². The molecule has 0 spiro atoms. The highest BCUT2D eigenvalue weighted by Crippen LogP contribution is 2.09. The molecule has 0 saturated carbocycles. The van der Waals surface area contributed by atoms with Crippen LogP contribution in [0.25, 0.3) is 0 Å². The van der Waals surface area contributed by atoms with E-state index in [1.807, 2.05) is 0 Å². The molecule has 43 valence electrons. The molecule has 0 bridgehead atoms. The lowest BCUT2D eigenvalue weighted by Gasteiger charge is -2.01. The zero-order chi connectivity index (χ0) is 5.70. The van der Waals surface area contributed by atoms with Gasteiger partial charge in [0.05, 0.1) is 0 Å². The van der Waals surface area contributed by atoms with Crippen molar-refractivity contribution in [2.45, 2.75) is 40.0 Å². The molecular formula is C7H15. The Hall–Kier alpha value is 0. The molecule has 0 rings (SSSR count). The molecule has 0 heteroatoms. The van der Waals surface area contributed by atoms with Crippen LogP contribution in [-0.4, -0.2) is 0 Å². The summed E-state index contributed by atoms with van der Waals surface area (Å²) in [5.41, 5.74) is 0. The first kappa shape index (κ1) is 7.00. The first-order valence-electron chi connectivity index (χ1n) is 3.12. The summed E-state index contributed by atoms with van der Waals surface area (Å²) in [4.78, 5) is 0. The Labute approximate surface area is 46.9 Å². The second kappa shape index (κ2) is 4.17. The quantitative estimate of drug-likeness (QED) is 0.510. The molecule has 0 aromatic carbocycles. The van der Waals surface area contributed by atoms with Crippen LogP contribution in [-0.2, 0) is 0 Å². The largest absolute Gasteiger partial charge is 0.0654 e. The van der Waals surface area contributed by atoms with Crippen molar-refractivity contribution >= 4 is 0 Å². The van der Waals surface area contributed by atoms with Gasteiger partial charge in [0.1, 0.15) is 0 Å². The molecule has 0 aliphatic rings. The normalized spacial score (nSPS) is 10.3. The van der Waals surface area contributed by atoms with Gasteiger partial charge in [-0.05, 0) is 12.3 Å². The minimum Gasteiger partial charge on any atom is -0.0654 e. The van der Waals surface area contributed by atoms with Gasteiger partial charge in [-0.15, -0.1) is 0 Å². The van der Waals surface area contributed by atoms with Crippen molar-refractivity contribution in [3.05, 3.63) is 5.92 Å². The van der Waals surface area contributed by atoms with Crippen molar-refractivity contribution in [3.8, 4) is 0 Å². The van der Waals surface area contributed by atoms with Gasteiger partial charge in [-0.3, -0.25) is 0 Å². The molecule has 0 aliphatic heterocycles. The van der Waals surface area contributed by atoms with Gasteiger partial charge in [-0.2, -0.15) is 0 Å². The van der Waals surface area contributed by atoms with Crippen molar-refractivity contribution in [1.82, 2.24) is 0 Å². The highest BCUT2D eigenvalue weighted by atomic mass is 14.0. The van der Waals surface area contributed by atoms with E-state index >= 15 is 0 Å². The Morgan fingerprint density at radius 3 is 2.00 bits per heavy atom. The fraction of sp³-hybridized carbons (Fsp3) is 0.857. The van der Waals surface area contributed by atoms with E-state index in [0.717, 1.165) is 0 Å². The van der Waals surface area contributed by atoms with E-state index in [2.05, 4.69) is 20.8 Å². The molecule has 0 aliphatic carbocycles. The third-order valence-corrected chi connectivity index (χ3v) is 1.28. The standard InChI is InChI=1S/C7H15/c1-4-6-7(3)5-2/h4-6H2,1-3H3. The molecule has 0 heterocycles. The molecule has 0 atom stereocenters. The molecule has 0 unspecified atom stereocenters. The zero-order valence-electron chi connectivity index (χ0n) is 5.62. The first-order chi connectivity index (χ1) is 3.31. The summed E-state index contributed by atoms with van der Waals surface area (Å²) in [6.07, 6.45) is 3.88. The van der Waals surface area contributed by atoms with Crippen molar-refractivity contribution in [1.29, 1.82) is 0 Å². The molecule has 0 amide bonds. The Kier molecular flexibility index (Phi) is 4.17. The highest BCUT2D eigenvalue weighted by Gasteiger charge is 1.93. The second-order valence-electron chi connectivity index (χ2n) is 2.06. The molecule has 0 nitrogen and oxygen atoms in total. The SMILES string of the molecule is CCC[C](C)CC. The van der Waals surface area contributed by atoms with E-state index in [9.17, 15) is 0 Å². The summed E-state index contributed by atoms with van der Waals surface area (Å²) < 4.78 is 0. The maximum absolute atomic E-state index is 2.23. The van der Waals surface area contributed by atoms with Gasteiger partial charge < -0.3 is 0 Å². The van der Waals surface area contributed by atoms with Gasteiger partial charge in [0.25, 0.3) is 0 Å². The molecule has 7 heavy (non-hydrogen) atoms. The summed E-state index contributed by atoms with van der Waals surface area (Å²) in [5, 5.41) is 0. The van der Waals surface area contributed by atoms with E-state index in [1.54, 1.807) is 5.92 Å². The molecule has 0 saturated heterocycles. The molecule has 0 fully saturated rings. The van der Waals surface area contributed by atoms with Gasteiger partial charge in [0.2, 0.25) is 0 Å². The topological polar surface area (TPSA) is 0 Å². The van der Waals surface area contributed by atoms with Crippen LogP contribution in [0.4, 0.5) is 0 Å². The van der Waals surface area contributed by atoms with Crippen LogP contribution in [0.2, 0.25) is 0 Å². The average molecular weight is 99.2 g/mol. The van der Waals surface area contributed by atoms with E-state index in [1.165, 1.54) is 19.3 Å². The molecule has 1 radical (unpaired) electrons. The van der Waals surface area contributed by atoms with E-state index in [0.29, 0.717) is 0 Å². The maximum Gasteiger partial charge on any atom is -0.0275 e. The van der Waals surface area contributed by atoms with Crippen LogP contribution >= 0.6 is 0 Å². The van der Waals surface area contributed by atoms with Crippen molar-refractivity contribution in [2.75, 3.05) is 0 Å². The summed E-state index contributed by atoms with van der Waals surface area (Å²) in [7, 11) is 0. The van der Waals surface area contributed by atoms with Crippen LogP contribution in [0.5, 0.6) is 0 Å². The van der Waals surface area contributed by atoms with E-state index in [-0.39, 0.29) is 0 Å². The minimum atomic E-state index is 1.26. The molecule has 0 aromatic rings. The predicted octanol–water partition coefficient (Wildman–Crippen LogP) is 2.79. The lowest BCUT2D eigenvalue weighted by molar-refractivity contribution is 0.746. The van der Waals surface area contributed by atoms with Gasteiger partial charge in [-0.1, -0.05) is 33.6 Å². The summed E-state index contributed by atoms with van der Waals surface area (Å²) >= 11 is 0. The Morgan fingerprint density at radius 1 is 1.29 bits per heavy atom. The Morgan fingerprint density at radius 2 is 1.86 bits per heavy atom. The highest BCUT2D eigenvalue weighted by molar-refractivity contribution is 4.79. The first-order valence-corrected chi connectivity index (χ1v) is 3.12. The number of rotatable bonds is 3. The predicted molar refractivity (Wildman–Crippen MR) is 34.1 cm³/mol. The third kappa shape index (κ3) is 3.84. The minimum absolute atomic E-state index is 1.26. The van der Waals surface area contributed by atoms with Gasteiger partial charge >= 0.3 is 0 Å². The number of hydrogen-bond donors (Lipinski definition) is 0. The summed E-state index contributed by atoms with van der Waals surface area (Å²) in [6, 6.07) is 0. The van der Waals surface area contributed by atoms with Gasteiger partial charge in [0.15, 0.2) is 0 Å². The molecular weight excluding hydrogens is 84.1 g/mol. The smallest absolute Gasteiger partial charge is 0.0275 e. The van der Waals surface area contributed by atoms with Crippen LogP contribution in [0.3, 0.4) is 0 Å². The summed E-state index contributed by atoms with van der Waals surface area (Å²) in [5.74, 6) is 1.63. The van der Waals surface area contributed by atoms with E-state index < -0.39 is 0 Å². The van der Waals surface area contributed by atoms with Gasteiger partial charge in [0, 0.05) is 0 Å². The van der Waals surface area contributed by atoms with Crippen molar-refractivity contribution < 1.29 is 0 Å². The Bertz CT molecular complexity index is 31.0. The molecule has 0 aromatic heterocycles. The second-order valence-corrected chi connectivity index (χ2v) is 2.06. The third-order valence-electron chi connectivity index (χ3n) is 1.28. The van der Waals surface area contributed by atoms with Crippen molar-refractivity contribution in [2.24, 2.45) is 0 Å². The van der Waals surface area contributed by atoms with Gasteiger partial charge in [-0.25, -0.2) is 0 Å². The van der Waals surface area contributed by atoms with E-state index in [4.69, 9.17) is 0 Å². The Balaban J connectivity index is 2.83. The molecule has 0 N–H and O–H groups in total. The fourth-order valence-corrected chi connectivity index (χ4v) is 0.604. The van der Waals surface area contributed by atoms with Crippen LogP contribution in [0.1, 0.15) is 40.0 Å². The average Bonchev–Trinajstić information content (AvgIpc) is 1.68. The van der Waals surface area contributed by atoms with Crippen LogP contribution in [0, 0.1) is 5.92 Å². The lowest BCUT2D eigenvalue weighted by Crippen LogP contribution is -1.85. The fourth-order valence-electron chi connectivity index (χ4n) is 0.604. The monoisotopic (exact) mass is 99.1 g/mol. The summed E-state index contributed by atoms with van der Waals surface area (Å²) in [6.45, 7) is 6.66. The van der Waals surface area contributed by atoms with Crippen LogP contribution in [0.15, 0.2) is 0 Å². The zero-order valence-corrected chi connectivity index (χ0v) is 5.62.